The number of nitrogens with zero attached hydrogens (tertiary/aromatic N) is 1. The zero-order valence-corrected chi connectivity index (χ0v) is 12.4. The molecule has 1 atom stereocenters. The van der Waals surface area contributed by atoms with Crippen LogP contribution in [0.5, 0.6) is 0 Å². The molecular weight excluding hydrogens is 268 g/mol. The zero-order chi connectivity index (χ0) is 15.1. The lowest BCUT2D eigenvalue weighted by Gasteiger charge is -2.34. The minimum Gasteiger partial charge on any atom is -0.469 e. The number of ether oxygens (including phenoxy) is 1. The second kappa shape index (κ2) is 7.78. The van der Waals surface area contributed by atoms with E-state index in [1.54, 1.807) is 0 Å². The van der Waals surface area contributed by atoms with Crippen molar-refractivity contribution in [3.8, 4) is 0 Å². The number of esters is 1. The minimum absolute atomic E-state index is 0.0436. The predicted octanol–water partition coefficient (Wildman–Crippen LogP) is 2.04. The number of amides is 1. The molecule has 2 rings (SSSR count). The summed E-state index contributed by atoms with van der Waals surface area (Å²) in [5, 5.41) is 2.88. The third kappa shape index (κ3) is 4.86. The van der Waals surface area contributed by atoms with Crippen molar-refractivity contribution >= 4 is 17.6 Å². The van der Waals surface area contributed by atoms with Gasteiger partial charge in [-0.3, -0.25) is 14.5 Å². The van der Waals surface area contributed by atoms with Crippen LogP contribution in [0.1, 0.15) is 25.7 Å². The van der Waals surface area contributed by atoms with E-state index in [1.165, 1.54) is 7.11 Å². The summed E-state index contributed by atoms with van der Waals surface area (Å²) in [6.07, 6.45) is 3.46. The summed E-state index contributed by atoms with van der Waals surface area (Å²) in [6.45, 7) is 1.17. The van der Waals surface area contributed by atoms with Gasteiger partial charge in [-0.2, -0.15) is 0 Å². The van der Waals surface area contributed by atoms with E-state index in [0.29, 0.717) is 13.0 Å². The molecule has 5 nitrogen and oxygen atoms in total. The van der Waals surface area contributed by atoms with E-state index in [-0.39, 0.29) is 17.9 Å². The zero-order valence-electron chi connectivity index (χ0n) is 12.4. The number of hydrogen-bond donors (Lipinski definition) is 1. The fourth-order valence-electron chi connectivity index (χ4n) is 2.68. The molecule has 1 amide bonds. The van der Waals surface area contributed by atoms with E-state index < -0.39 is 0 Å². The molecule has 0 saturated carbocycles. The number of para-hydroxylation sites is 1. The SMILES string of the molecule is COC(=O)C[C@@H]1CCCCN1CC(=O)Nc1ccccc1. The third-order valence-corrected chi connectivity index (χ3v) is 3.78. The Balaban J connectivity index is 1.89. The maximum atomic E-state index is 12.1. The Labute approximate surface area is 125 Å². The Hall–Kier alpha value is -1.88. The van der Waals surface area contributed by atoms with E-state index >= 15 is 0 Å². The summed E-state index contributed by atoms with van der Waals surface area (Å²) in [6, 6.07) is 9.51. The quantitative estimate of drug-likeness (QED) is 0.843. The van der Waals surface area contributed by atoms with Crippen molar-refractivity contribution in [2.24, 2.45) is 0 Å². The van der Waals surface area contributed by atoms with Crippen molar-refractivity contribution < 1.29 is 14.3 Å². The lowest BCUT2D eigenvalue weighted by atomic mass is 9.99. The molecule has 114 valence electrons. The molecule has 0 radical (unpaired) electrons. The minimum atomic E-state index is -0.213. The van der Waals surface area contributed by atoms with Gasteiger partial charge in [0.1, 0.15) is 0 Å². The van der Waals surface area contributed by atoms with E-state index in [1.807, 2.05) is 30.3 Å². The number of benzene rings is 1. The van der Waals surface area contributed by atoms with Crippen LogP contribution in [0.15, 0.2) is 30.3 Å². The molecular formula is C16H22N2O3. The molecule has 0 aliphatic carbocycles. The molecule has 0 aromatic heterocycles. The summed E-state index contributed by atoms with van der Waals surface area (Å²) in [5.74, 6) is -0.256. The van der Waals surface area contributed by atoms with Crippen LogP contribution in [0.25, 0.3) is 0 Å². The van der Waals surface area contributed by atoms with Crippen LogP contribution in [0, 0.1) is 0 Å². The number of nitrogens with one attached hydrogen (secondary N) is 1. The van der Waals surface area contributed by atoms with Crippen LogP contribution < -0.4 is 5.32 Å². The standard InChI is InChI=1S/C16H22N2O3/c1-21-16(20)11-14-9-5-6-10-18(14)12-15(19)17-13-7-3-2-4-8-13/h2-4,7-8,14H,5-6,9-12H2,1H3,(H,17,19)/t14-/m0/s1. The Morgan fingerprint density at radius 2 is 2.05 bits per heavy atom. The molecule has 0 bridgehead atoms. The molecule has 1 saturated heterocycles. The number of carbonyl (C=O) groups is 2. The first-order valence-electron chi connectivity index (χ1n) is 7.35. The van der Waals surface area contributed by atoms with Gasteiger partial charge in [-0.15, -0.1) is 0 Å². The Morgan fingerprint density at radius 1 is 1.29 bits per heavy atom. The molecule has 0 unspecified atom stereocenters. The van der Waals surface area contributed by atoms with Crippen molar-refractivity contribution in [3.63, 3.8) is 0 Å². The second-order valence-electron chi connectivity index (χ2n) is 5.31. The fraction of sp³-hybridized carbons (Fsp3) is 0.500. The lowest BCUT2D eigenvalue weighted by Crippen LogP contribution is -2.45. The van der Waals surface area contributed by atoms with Gasteiger partial charge in [-0.05, 0) is 31.5 Å². The molecule has 0 spiro atoms. The molecule has 5 heteroatoms. The largest absolute Gasteiger partial charge is 0.469 e. The van der Waals surface area contributed by atoms with Crippen molar-refractivity contribution in [3.05, 3.63) is 30.3 Å². The number of hydrogen-bond acceptors (Lipinski definition) is 4. The monoisotopic (exact) mass is 290 g/mol. The summed E-state index contributed by atoms with van der Waals surface area (Å²) < 4.78 is 4.74. The Kier molecular flexibility index (Phi) is 5.75. The van der Waals surface area contributed by atoms with Gasteiger partial charge in [0.05, 0.1) is 20.1 Å². The van der Waals surface area contributed by atoms with E-state index in [2.05, 4.69) is 10.2 Å². The van der Waals surface area contributed by atoms with Gasteiger partial charge in [-0.1, -0.05) is 24.6 Å². The molecule has 1 aliphatic rings. The molecule has 1 aromatic rings. The van der Waals surface area contributed by atoms with Crippen LogP contribution >= 0.6 is 0 Å². The van der Waals surface area contributed by atoms with Gasteiger partial charge >= 0.3 is 5.97 Å². The fourth-order valence-corrected chi connectivity index (χ4v) is 2.68. The Bertz CT molecular complexity index is 476. The maximum absolute atomic E-state index is 12.1. The summed E-state index contributed by atoms with van der Waals surface area (Å²) in [4.78, 5) is 25.6. The van der Waals surface area contributed by atoms with Crippen molar-refractivity contribution in [2.45, 2.75) is 31.7 Å². The first-order chi connectivity index (χ1) is 10.2. The summed E-state index contributed by atoms with van der Waals surface area (Å²) in [7, 11) is 1.40. The van der Waals surface area contributed by atoms with Crippen LogP contribution in [0.3, 0.4) is 0 Å². The average molecular weight is 290 g/mol. The predicted molar refractivity (Wildman–Crippen MR) is 80.9 cm³/mol. The van der Waals surface area contributed by atoms with E-state index in [0.717, 1.165) is 31.5 Å². The number of likely N-dealkylation sites (tertiary alicyclic amines) is 1. The third-order valence-electron chi connectivity index (χ3n) is 3.78. The average Bonchev–Trinajstić information content (AvgIpc) is 2.50. The summed E-state index contributed by atoms with van der Waals surface area (Å²) in [5.41, 5.74) is 0.795. The van der Waals surface area contributed by atoms with Crippen molar-refractivity contribution in [1.82, 2.24) is 4.90 Å². The molecule has 1 aromatic carbocycles. The number of carbonyl (C=O) groups excluding carboxylic acids is 2. The number of methoxy groups -OCH3 is 1. The molecule has 1 heterocycles. The van der Waals surface area contributed by atoms with E-state index in [4.69, 9.17) is 4.74 Å². The van der Waals surface area contributed by atoms with Crippen molar-refractivity contribution in [2.75, 3.05) is 25.5 Å². The smallest absolute Gasteiger partial charge is 0.307 e. The van der Waals surface area contributed by atoms with Crippen LogP contribution in [-0.4, -0.2) is 43.0 Å². The van der Waals surface area contributed by atoms with Gasteiger partial charge in [0.2, 0.25) is 5.91 Å². The van der Waals surface area contributed by atoms with Gasteiger partial charge in [0.15, 0.2) is 0 Å². The Morgan fingerprint density at radius 3 is 2.76 bits per heavy atom. The van der Waals surface area contributed by atoms with Gasteiger partial charge in [0.25, 0.3) is 0 Å². The highest BCUT2D eigenvalue weighted by molar-refractivity contribution is 5.92. The first kappa shape index (κ1) is 15.5. The second-order valence-corrected chi connectivity index (χ2v) is 5.31. The lowest BCUT2D eigenvalue weighted by molar-refractivity contribution is -0.142. The summed E-state index contributed by atoms with van der Waals surface area (Å²) >= 11 is 0. The van der Waals surface area contributed by atoms with Crippen LogP contribution in [0.2, 0.25) is 0 Å². The molecule has 1 fully saturated rings. The number of anilines is 1. The first-order valence-corrected chi connectivity index (χ1v) is 7.35. The maximum Gasteiger partial charge on any atom is 0.307 e. The van der Waals surface area contributed by atoms with Crippen LogP contribution in [-0.2, 0) is 14.3 Å². The highest BCUT2D eigenvalue weighted by Gasteiger charge is 2.26. The molecule has 21 heavy (non-hydrogen) atoms. The molecule has 1 N–H and O–H groups in total. The van der Waals surface area contributed by atoms with Gasteiger partial charge < -0.3 is 10.1 Å². The van der Waals surface area contributed by atoms with E-state index in [9.17, 15) is 9.59 Å². The molecule has 1 aliphatic heterocycles. The van der Waals surface area contributed by atoms with Gasteiger partial charge in [0, 0.05) is 11.7 Å². The highest BCUT2D eigenvalue weighted by Crippen LogP contribution is 2.20. The number of piperidine rings is 1. The normalized spacial score (nSPS) is 19.0. The van der Waals surface area contributed by atoms with Crippen LogP contribution in [0.4, 0.5) is 5.69 Å². The van der Waals surface area contributed by atoms with Gasteiger partial charge in [-0.25, -0.2) is 0 Å². The highest BCUT2D eigenvalue weighted by atomic mass is 16.5. The topological polar surface area (TPSA) is 58.6 Å². The van der Waals surface area contributed by atoms with Crippen molar-refractivity contribution in [1.29, 1.82) is 0 Å². The number of rotatable bonds is 5.